The Hall–Kier alpha value is -2.08. The lowest BCUT2D eigenvalue weighted by atomic mass is 9.82. The van der Waals surface area contributed by atoms with Gasteiger partial charge >= 0.3 is 5.97 Å². The lowest BCUT2D eigenvalue weighted by Gasteiger charge is -2.26. The molecule has 1 aromatic rings. The Morgan fingerprint density at radius 3 is 2.71 bits per heavy atom. The summed E-state index contributed by atoms with van der Waals surface area (Å²) in [5.41, 5.74) is 6.25. The second-order valence-corrected chi connectivity index (χ2v) is 5.33. The van der Waals surface area contributed by atoms with Crippen LogP contribution >= 0.6 is 0 Å². The summed E-state index contributed by atoms with van der Waals surface area (Å²) in [4.78, 5) is 11.5. The number of carbonyl (C=O) groups is 1. The van der Waals surface area contributed by atoms with E-state index in [0.29, 0.717) is 11.7 Å². The maximum Gasteiger partial charge on any atom is 0.330 e. The minimum absolute atomic E-state index is 0.133. The summed E-state index contributed by atoms with van der Waals surface area (Å²) in [6.45, 7) is -0.133. The highest BCUT2D eigenvalue weighted by molar-refractivity contribution is 5.82. The molecule has 0 aromatic heterocycles. The van der Waals surface area contributed by atoms with Gasteiger partial charge in [-0.25, -0.2) is 4.79 Å². The predicted molar refractivity (Wildman–Crippen MR) is 79.2 cm³/mol. The highest BCUT2D eigenvalue weighted by Gasteiger charge is 2.21. The Bertz CT molecular complexity index is 501. The molecule has 2 unspecified atom stereocenters. The highest BCUT2D eigenvalue weighted by atomic mass is 16.5. The smallest absolute Gasteiger partial charge is 0.330 e. The van der Waals surface area contributed by atoms with Gasteiger partial charge in [0.2, 0.25) is 0 Å². The molecule has 0 saturated heterocycles. The third kappa shape index (κ3) is 4.75. The normalized spacial score (nSPS) is 21.6. The Balaban J connectivity index is 1.89. The van der Waals surface area contributed by atoms with Crippen molar-refractivity contribution in [3.63, 3.8) is 0 Å². The van der Waals surface area contributed by atoms with E-state index in [1.807, 2.05) is 12.1 Å². The molecule has 0 spiro atoms. The molecule has 21 heavy (non-hydrogen) atoms. The average molecular weight is 291 g/mol. The number of aliphatic hydroxyl groups is 1. The topological polar surface area (TPSA) is 108 Å². The molecule has 2 atom stereocenters. The molecule has 0 aliphatic heterocycles. The van der Waals surface area contributed by atoms with Crippen LogP contribution in [0.2, 0.25) is 0 Å². The number of rotatable bonds is 4. The summed E-state index contributed by atoms with van der Waals surface area (Å²) in [6, 6.07) is 7.37. The first-order valence-electron chi connectivity index (χ1n) is 7.11. The summed E-state index contributed by atoms with van der Waals surface area (Å²) in [6.07, 6.45) is 3.59. The molecule has 0 heterocycles. The molecular weight excluding hydrogens is 270 g/mol. The van der Waals surface area contributed by atoms with E-state index < -0.39 is 5.97 Å². The van der Waals surface area contributed by atoms with Crippen LogP contribution in [0, 0.1) is 5.41 Å². The second kappa shape index (κ2) is 7.08. The van der Waals surface area contributed by atoms with Gasteiger partial charge < -0.3 is 20.9 Å². The van der Waals surface area contributed by atoms with Gasteiger partial charge in [-0.1, -0.05) is 18.6 Å². The fraction of sp³-hybridized carbons (Fsp3) is 0.467. The number of ether oxygens (including phenoxy) is 1. The zero-order valence-electron chi connectivity index (χ0n) is 11.8. The molecular formula is C15H21N3O3. The van der Waals surface area contributed by atoms with E-state index in [1.54, 1.807) is 12.1 Å². The molecule has 1 fully saturated rings. The van der Waals surface area contributed by atoms with E-state index in [2.05, 4.69) is 5.32 Å². The molecule has 0 radical (unpaired) electrons. The van der Waals surface area contributed by atoms with Crippen LogP contribution in [0.15, 0.2) is 24.3 Å². The quantitative estimate of drug-likeness (QED) is 0.287. The molecule has 1 saturated carbocycles. The molecule has 1 aromatic carbocycles. The summed E-state index contributed by atoms with van der Waals surface area (Å²) in [5.74, 6) is 0.0764. The average Bonchev–Trinajstić information content (AvgIpc) is 2.46. The van der Waals surface area contributed by atoms with Crippen molar-refractivity contribution in [3.8, 4) is 5.75 Å². The molecule has 0 amide bonds. The summed E-state index contributed by atoms with van der Waals surface area (Å²) < 4.78 is 5.13. The molecule has 114 valence electrons. The first kappa shape index (κ1) is 15.3. The van der Waals surface area contributed by atoms with E-state index in [4.69, 9.17) is 15.9 Å². The van der Waals surface area contributed by atoms with Crippen molar-refractivity contribution in [2.45, 2.75) is 37.7 Å². The predicted octanol–water partition coefficient (Wildman–Crippen LogP) is 1.09. The number of hydrogen-bond acceptors (Lipinski definition) is 4. The summed E-state index contributed by atoms with van der Waals surface area (Å²) >= 11 is 0. The van der Waals surface area contributed by atoms with Crippen molar-refractivity contribution >= 4 is 11.9 Å². The van der Waals surface area contributed by atoms with Gasteiger partial charge in [-0.2, -0.15) is 0 Å². The number of hydrogen-bond donors (Lipinski definition) is 4. The van der Waals surface area contributed by atoms with Gasteiger partial charge in [0.25, 0.3) is 0 Å². The number of nitrogens with one attached hydrogen (secondary N) is 2. The number of carbonyl (C=O) groups excluding carboxylic acids is 1. The van der Waals surface area contributed by atoms with E-state index in [1.165, 1.54) is 0 Å². The summed E-state index contributed by atoms with van der Waals surface area (Å²) in [5, 5.41) is 19.1. The van der Waals surface area contributed by atoms with E-state index in [-0.39, 0.29) is 18.6 Å². The Kier molecular flexibility index (Phi) is 5.16. The van der Waals surface area contributed by atoms with Crippen molar-refractivity contribution < 1.29 is 14.6 Å². The molecule has 1 aliphatic rings. The van der Waals surface area contributed by atoms with Gasteiger partial charge in [0.15, 0.2) is 5.96 Å². The number of guanidine groups is 1. The molecule has 1 aliphatic carbocycles. The minimum Gasteiger partial charge on any atom is -0.425 e. The van der Waals surface area contributed by atoms with Crippen molar-refractivity contribution in [1.29, 1.82) is 5.41 Å². The van der Waals surface area contributed by atoms with Gasteiger partial charge in [0, 0.05) is 0 Å². The Labute approximate surface area is 123 Å². The Morgan fingerprint density at radius 1 is 1.38 bits per heavy atom. The van der Waals surface area contributed by atoms with E-state index in [0.717, 1.165) is 31.2 Å². The lowest BCUT2D eigenvalue weighted by molar-refractivity contribution is -0.133. The SMILES string of the molecule is N=C(N)NCC(=O)Oc1ccc(C2CCCC(O)C2)cc1. The largest absolute Gasteiger partial charge is 0.425 e. The third-order valence-electron chi connectivity index (χ3n) is 3.65. The first-order valence-corrected chi connectivity index (χ1v) is 7.11. The number of esters is 1. The van der Waals surface area contributed by atoms with Crippen LogP contribution in [0.4, 0.5) is 0 Å². The fourth-order valence-electron chi connectivity index (χ4n) is 2.61. The third-order valence-corrected chi connectivity index (χ3v) is 3.65. The van der Waals surface area contributed by atoms with Gasteiger partial charge in [0.05, 0.1) is 6.10 Å². The maximum atomic E-state index is 11.5. The maximum absolute atomic E-state index is 11.5. The van der Waals surface area contributed by atoms with E-state index >= 15 is 0 Å². The summed E-state index contributed by atoms with van der Waals surface area (Å²) in [7, 11) is 0. The molecule has 6 heteroatoms. The molecule has 6 nitrogen and oxygen atoms in total. The van der Waals surface area contributed by atoms with Crippen LogP contribution in [-0.4, -0.2) is 29.7 Å². The fourth-order valence-corrected chi connectivity index (χ4v) is 2.61. The van der Waals surface area contributed by atoms with Gasteiger partial charge in [-0.15, -0.1) is 0 Å². The van der Waals surface area contributed by atoms with Crippen LogP contribution < -0.4 is 15.8 Å². The van der Waals surface area contributed by atoms with E-state index in [9.17, 15) is 9.90 Å². The minimum atomic E-state index is -0.494. The first-order chi connectivity index (χ1) is 10.0. The molecule has 5 N–H and O–H groups in total. The monoisotopic (exact) mass is 291 g/mol. The second-order valence-electron chi connectivity index (χ2n) is 5.33. The lowest BCUT2D eigenvalue weighted by Crippen LogP contribution is -2.36. The molecule has 0 bridgehead atoms. The number of nitrogens with two attached hydrogens (primary N) is 1. The zero-order valence-corrected chi connectivity index (χ0v) is 11.8. The van der Waals surface area contributed by atoms with Crippen LogP contribution in [0.3, 0.4) is 0 Å². The van der Waals surface area contributed by atoms with Gasteiger partial charge in [0.1, 0.15) is 12.3 Å². The standard InChI is InChI=1S/C15H21N3O3/c16-15(17)18-9-14(20)21-13-6-4-10(5-7-13)11-2-1-3-12(19)8-11/h4-7,11-12,19H,1-3,8-9H2,(H4,16,17,18). The highest BCUT2D eigenvalue weighted by Crippen LogP contribution is 2.33. The van der Waals surface area contributed by atoms with Crippen LogP contribution in [0.5, 0.6) is 5.75 Å². The van der Waals surface area contributed by atoms with Crippen molar-refractivity contribution in [2.75, 3.05) is 6.54 Å². The zero-order chi connectivity index (χ0) is 15.2. The van der Waals surface area contributed by atoms with Crippen molar-refractivity contribution in [2.24, 2.45) is 5.73 Å². The van der Waals surface area contributed by atoms with Gasteiger partial charge in [-0.05, 0) is 42.9 Å². The molecule has 2 rings (SSSR count). The van der Waals surface area contributed by atoms with Crippen LogP contribution in [0.1, 0.15) is 37.2 Å². The van der Waals surface area contributed by atoms with Crippen molar-refractivity contribution in [1.82, 2.24) is 5.32 Å². The van der Waals surface area contributed by atoms with Gasteiger partial charge in [-0.3, -0.25) is 5.41 Å². The van der Waals surface area contributed by atoms with Crippen LogP contribution in [-0.2, 0) is 4.79 Å². The number of aliphatic hydroxyl groups excluding tert-OH is 1. The number of benzene rings is 1. The van der Waals surface area contributed by atoms with Crippen molar-refractivity contribution in [3.05, 3.63) is 29.8 Å². The van der Waals surface area contributed by atoms with Crippen LogP contribution in [0.25, 0.3) is 0 Å². The Morgan fingerprint density at radius 2 is 2.10 bits per heavy atom.